The quantitative estimate of drug-likeness (QED) is 0.0261. The van der Waals surface area contributed by atoms with Gasteiger partial charge < -0.3 is 77.4 Å². The van der Waals surface area contributed by atoms with Gasteiger partial charge in [-0.15, -0.1) is 162 Å². The van der Waals surface area contributed by atoms with Gasteiger partial charge in [0.1, 0.15) is 61.0 Å². The molecule has 0 saturated heterocycles. The molecule has 0 N–H and O–H groups in total. The lowest BCUT2D eigenvalue weighted by molar-refractivity contribution is -0.833. The normalized spacial score (nSPS) is 34.9. The van der Waals surface area contributed by atoms with Crippen LogP contribution in [0.15, 0.2) is 24.3 Å². The molecule has 0 heterocycles. The van der Waals surface area contributed by atoms with Crippen molar-refractivity contribution in [2.24, 2.45) is 118 Å². The van der Waals surface area contributed by atoms with Gasteiger partial charge in [0.25, 0.3) is 81.4 Å². The molecule has 64 nitrogen and oxygen atoms in total. The first kappa shape index (κ1) is 123. The molecular weight excluding hydrogens is 1780 g/mol. The summed E-state index contributed by atoms with van der Waals surface area (Å²) in [5, 5.41) is 149. The second-order valence-electron chi connectivity index (χ2n) is 31.4. The molecule has 6 fully saturated rings. The van der Waals surface area contributed by atoms with E-state index in [1.165, 1.54) is 19.9 Å². The molecule has 0 aromatic rings. The van der Waals surface area contributed by atoms with Crippen LogP contribution in [0.3, 0.4) is 0 Å². The van der Waals surface area contributed by atoms with Gasteiger partial charge in [-0.3, -0.25) is 0 Å². The fraction of sp³-hybridized carbons (Fsp3) is 0.939. The van der Waals surface area contributed by atoms with Gasteiger partial charge in [0.15, 0.2) is 36.6 Å². The first-order valence-corrected chi connectivity index (χ1v) is 38.4. The molecule has 31 unspecified atom stereocenters. The Morgan fingerprint density at radius 3 is 0.600 bits per heavy atom. The summed E-state index contributed by atoms with van der Waals surface area (Å²) in [6, 6.07) is 0. The number of nitrogens with zero attached hydrogens (tertiary/aromatic N) is 16. The number of rotatable bonds is 32. The van der Waals surface area contributed by atoms with Gasteiger partial charge in [-0.25, -0.2) is 0 Å². The molecule has 752 valence electrons. The van der Waals surface area contributed by atoms with Gasteiger partial charge >= 0.3 is 0 Å². The van der Waals surface area contributed by atoms with Crippen LogP contribution in [0.1, 0.15) is 181 Å². The Labute approximate surface area is 740 Å². The van der Waals surface area contributed by atoms with Gasteiger partial charge in [-0.2, -0.15) is 0 Å². The highest BCUT2D eigenvalue weighted by Gasteiger charge is 2.58. The van der Waals surface area contributed by atoms with Crippen molar-refractivity contribution >= 4 is 0 Å². The number of hydrogen-bond acceptors (Lipinski definition) is 48. The van der Waals surface area contributed by atoms with Gasteiger partial charge in [0, 0.05) is 5.92 Å². The van der Waals surface area contributed by atoms with Crippen molar-refractivity contribution < 1.29 is 159 Å². The first-order chi connectivity index (χ1) is 58.0. The first-order valence-electron chi connectivity index (χ1n) is 38.4. The van der Waals surface area contributed by atoms with Gasteiger partial charge in [-0.1, -0.05) is 192 Å². The van der Waals surface area contributed by atoms with Crippen molar-refractivity contribution in [3.8, 4) is 0 Å². The minimum absolute atomic E-state index is 0. The predicted octanol–water partition coefficient (Wildman–Crippen LogP) is 10.4. The molecule has 0 spiro atoms. The summed E-state index contributed by atoms with van der Waals surface area (Å²) in [4.78, 5) is 237. The van der Waals surface area contributed by atoms with E-state index in [9.17, 15) is 162 Å². The van der Waals surface area contributed by atoms with Crippen LogP contribution in [-0.4, -0.2) is 179 Å². The van der Waals surface area contributed by atoms with E-state index in [1.54, 1.807) is 32.9 Å². The molecule has 0 aliphatic heterocycles. The Morgan fingerprint density at radius 1 is 0.169 bits per heavy atom. The lowest BCUT2D eigenvalue weighted by Crippen LogP contribution is -2.62. The predicted molar refractivity (Wildman–Crippen MR) is 428 cm³/mol. The van der Waals surface area contributed by atoms with E-state index in [1.807, 2.05) is 33.8 Å². The molecule has 31 atom stereocenters. The van der Waals surface area contributed by atoms with Crippen LogP contribution in [0.2, 0.25) is 0 Å². The molecule has 8 rings (SSSR count). The van der Waals surface area contributed by atoms with Crippen LogP contribution in [0.4, 0.5) is 0 Å². The lowest BCUT2D eigenvalue weighted by Gasteiger charge is -2.45. The maximum absolute atomic E-state index is 10.8. The van der Waals surface area contributed by atoms with Crippen LogP contribution >= 0.6 is 0 Å². The molecule has 6 saturated carbocycles. The zero-order valence-corrected chi connectivity index (χ0v) is 71.3. The Balaban J connectivity index is -0.000000716. The second-order valence-corrected chi connectivity index (χ2v) is 31.4. The summed E-state index contributed by atoms with van der Waals surface area (Å²) in [5.41, 5.74) is 0. The van der Waals surface area contributed by atoms with E-state index < -0.39 is 184 Å². The minimum Gasteiger partial charge on any atom is -0.310 e. The van der Waals surface area contributed by atoms with Crippen molar-refractivity contribution in [1.29, 1.82) is 0 Å². The Hall–Kier alpha value is -13.3. The highest BCUT2D eigenvalue weighted by Crippen LogP contribution is 2.46. The van der Waals surface area contributed by atoms with E-state index in [4.69, 9.17) is 4.84 Å². The Morgan fingerprint density at radius 2 is 0.354 bits per heavy atom. The highest BCUT2D eigenvalue weighted by atomic mass is 17.1. The standard InChI is InChI=1S/C9H13N5O15.C9H17NO3.C9H15NO3.C9H17NO3.C8H12N4O12.C6H8N2O6.C6H10N2O6.C6H12.4CH4/c1-3-4(2)6(26-11(17)18)8(28-13(21)22)9(29-14(23)24)7(27-12(19)20)5(3)25-10(15)16;2*1-6-4-5-9(13-10(11)12)8(3)7(6)2;1-5-6(2)8(4)9(7(5)3)13-10(11)12;1-3-4(2)6(22-10(15)16)8(24-12(19)20)7(23-11(17)18)5(3)21-9(13)14;1-4-2-3-5(13-7(9)10)6(4)14-8(11)12;1-3-4(2)6(14-8(11)12)5(3)13-7(9)10;1-4-5(2)6(4)3;;;;/h3-9H,1-2H3;6-9H,4-5H2,1-3H3;4-9H,1-3H3;5-9H,1-4H3;3-8H,1-2H3;2-6H,1H3;3-6H,1-2H3;4-6H,1-3H3;4*1H4. The summed E-state index contributed by atoms with van der Waals surface area (Å²) in [7, 11) is 0. The summed E-state index contributed by atoms with van der Waals surface area (Å²) in [6.45, 7) is 37.9. The lowest BCUT2D eigenvalue weighted by atomic mass is 9.70. The van der Waals surface area contributed by atoms with E-state index in [-0.39, 0.29) is 89.4 Å². The maximum Gasteiger partial charge on any atom is 0.295 e. The van der Waals surface area contributed by atoms with Crippen molar-refractivity contribution in [1.82, 2.24) is 0 Å². The molecule has 64 heteroatoms. The van der Waals surface area contributed by atoms with E-state index >= 15 is 0 Å². The number of hydrogen-bond donors (Lipinski definition) is 0. The molecule has 0 bridgehead atoms. The molecule has 0 aromatic heterocycles. The monoisotopic (exact) mass is 1900 g/mol. The highest BCUT2D eigenvalue weighted by molar-refractivity contribution is 5.08. The summed E-state index contributed by atoms with van der Waals surface area (Å²) < 4.78 is 0. The number of allylic oxidation sites excluding steroid dienone is 1. The van der Waals surface area contributed by atoms with Crippen LogP contribution in [0.25, 0.3) is 0 Å². The van der Waals surface area contributed by atoms with E-state index in [0.29, 0.717) is 35.5 Å². The molecule has 0 aromatic carbocycles. The van der Waals surface area contributed by atoms with Crippen LogP contribution in [0, 0.1) is 280 Å². The third-order valence-corrected chi connectivity index (χ3v) is 24.8. The van der Waals surface area contributed by atoms with E-state index in [2.05, 4.69) is 135 Å². The van der Waals surface area contributed by atoms with Crippen LogP contribution in [0.5, 0.6) is 0 Å². The Kier molecular flexibility index (Phi) is 53.1. The zero-order chi connectivity index (χ0) is 97.6. The average Bonchev–Trinajstić information content (AvgIpc) is 1.51. The molecule has 8 aliphatic rings. The Bertz CT molecular complexity index is 3600. The van der Waals surface area contributed by atoms with Crippen LogP contribution in [-0.2, 0) is 77.4 Å². The van der Waals surface area contributed by atoms with E-state index in [0.717, 1.165) is 44.4 Å². The molecule has 0 amide bonds. The fourth-order valence-corrected chi connectivity index (χ4v) is 15.2. The topological polar surface area (TPSA) is 838 Å². The molecule has 130 heavy (non-hydrogen) atoms. The van der Waals surface area contributed by atoms with Gasteiger partial charge in [0.2, 0.25) is 0 Å². The fourth-order valence-electron chi connectivity index (χ4n) is 15.2. The zero-order valence-electron chi connectivity index (χ0n) is 71.3. The van der Waals surface area contributed by atoms with Crippen molar-refractivity contribution in [2.45, 2.75) is 279 Å². The summed E-state index contributed by atoms with van der Waals surface area (Å²) >= 11 is 0. The molecular formula is C66H120N16O48. The molecule has 8 aliphatic carbocycles. The SMILES string of the molecule is C.C.C.C.CC1C(C)C(C)C(O[N+](=O)[O-])C1C.CC1C(C)C(O[N+](=O)[O-])C(O[N+](=O)[O-])C(O[N+](=O)[O-])C(O[N+](=O)[O-])C1O[N+](=O)[O-].CC1C(C)C(O[N+](=O)[O-])C(O[N+](=O)[O-])C(O[N+](=O)[O-])C1O[N+](=O)[O-].CC1C(C)C(O[N+](=O)[O-])C1O[N+](=O)[O-].CC1C(C)C1C.CC1C=CC(O[N+](=O)[O-])C(C)C1C.CC1C=CC(O[N+](=O)[O-])C1O[N+](=O)[O-].CC1CCC(O[N+](=O)[O-])C(C)C1C. The van der Waals surface area contributed by atoms with Crippen LogP contribution < -0.4 is 0 Å². The third-order valence-electron chi connectivity index (χ3n) is 24.8. The second kappa shape index (κ2) is 56.1. The minimum atomic E-state index is -2.47. The average molecular weight is 1910 g/mol. The third kappa shape index (κ3) is 38.7. The summed E-state index contributed by atoms with van der Waals surface area (Å²) in [5.74, 6) is 2.22. The maximum atomic E-state index is 10.8. The van der Waals surface area contributed by atoms with Crippen molar-refractivity contribution in [3.05, 3.63) is 186 Å². The van der Waals surface area contributed by atoms with Crippen molar-refractivity contribution in [2.75, 3.05) is 0 Å². The summed E-state index contributed by atoms with van der Waals surface area (Å²) in [6.07, 6.45) is -14.3. The smallest absolute Gasteiger partial charge is 0.295 e. The van der Waals surface area contributed by atoms with Gasteiger partial charge in [-0.05, 0) is 125 Å². The van der Waals surface area contributed by atoms with Gasteiger partial charge in [0.05, 0.1) is 0 Å². The van der Waals surface area contributed by atoms with Crippen molar-refractivity contribution in [3.63, 3.8) is 0 Å². The largest absolute Gasteiger partial charge is 0.310 e. The molecule has 0 radical (unpaired) electrons.